The van der Waals surface area contributed by atoms with E-state index in [2.05, 4.69) is 10.3 Å². The summed E-state index contributed by atoms with van der Waals surface area (Å²) in [5, 5.41) is 4.07. The fraction of sp³-hybridized carbons (Fsp3) is 0.111. The van der Waals surface area contributed by atoms with Crippen molar-refractivity contribution in [1.29, 1.82) is 0 Å². The van der Waals surface area contributed by atoms with Gasteiger partial charge >= 0.3 is 0 Å². The third-order valence-corrected chi connectivity index (χ3v) is 6.01. The number of carbonyl (C=O) groups is 1. The molecule has 4 rings (SSSR count). The third-order valence-electron chi connectivity index (χ3n) is 4.21. The van der Waals surface area contributed by atoms with Gasteiger partial charge < -0.3 is 10.1 Å². The molecule has 26 heavy (non-hydrogen) atoms. The molecule has 8 heteroatoms. The molecule has 7 nitrogen and oxygen atoms in total. The summed E-state index contributed by atoms with van der Waals surface area (Å²) in [6, 6.07) is 13.7. The first kappa shape index (κ1) is 16.3. The number of nitrogens with one attached hydrogen (secondary N) is 1. The lowest BCUT2D eigenvalue weighted by molar-refractivity contribution is -0.114. The van der Waals surface area contributed by atoms with Crippen LogP contribution in [-0.2, 0) is 14.8 Å². The maximum Gasteiger partial charge on any atom is 0.265 e. The van der Waals surface area contributed by atoms with Crippen molar-refractivity contribution in [2.75, 3.05) is 23.3 Å². The Labute approximate surface area is 150 Å². The molecule has 0 spiro atoms. The average molecular weight is 369 g/mol. The zero-order chi connectivity index (χ0) is 18.3. The zero-order valence-electron chi connectivity index (χ0n) is 13.8. The average Bonchev–Trinajstić information content (AvgIpc) is 2.86. The van der Waals surface area contributed by atoms with Crippen molar-refractivity contribution in [1.82, 2.24) is 4.98 Å². The van der Waals surface area contributed by atoms with E-state index in [0.717, 1.165) is 9.69 Å². The molecule has 0 bridgehead atoms. The van der Waals surface area contributed by atoms with Crippen LogP contribution in [0.15, 0.2) is 59.6 Å². The highest BCUT2D eigenvalue weighted by Gasteiger charge is 2.36. The van der Waals surface area contributed by atoms with Crippen molar-refractivity contribution < 1.29 is 17.9 Å². The monoisotopic (exact) mass is 369 g/mol. The minimum absolute atomic E-state index is 0.223. The van der Waals surface area contributed by atoms with Gasteiger partial charge in [0.15, 0.2) is 0 Å². The lowest BCUT2D eigenvalue weighted by Gasteiger charge is -2.18. The van der Waals surface area contributed by atoms with Gasteiger partial charge in [-0.3, -0.25) is 9.10 Å². The minimum Gasteiger partial charge on any atom is -0.495 e. The molecule has 2 aromatic carbocycles. The molecule has 3 aromatic rings. The number of nitrogens with zero attached hydrogens (tertiary/aromatic N) is 2. The van der Waals surface area contributed by atoms with Crippen LogP contribution in [0.2, 0.25) is 0 Å². The largest absolute Gasteiger partial charge is 0.495 e. The van der Waals surface area contributed by atoms with E-state index < -0.39 is 15.9 Å². The van der Waals surface area contributed by atoms with Crippen LogP contribution in [0.25, 0.3) is 10.8 Å². The van der Waals surface area contributed by atoms with Crippen LogP contribution in [0.4, 0.5) is 11.5 Å². The summed E-state index contributed by atoms with van der Waals surface area (Å²) >= 11 is 0. The van der Waals surface area contributed by atoms with Crippen LogP contribution in [0, 0.1) is 0 Å². The third kappa shape index (κ3) is 2.55. The molecule has 0 saturated carbocycles. The number of sulfonamides is 1. The second-order valence-electron chi connectivity index (χ2n) is 5.77. The predicted octanol–water partition coefficient (Wildman–Crippen LogP) is 2.39. The summed E-state index contributed by atoms with van der Waals surface area (Å²) in [4.78, 5) is 16.7. The molecule has 0 unspecified atom stereocenters. The summed E-state index contributed by atoms with van der Waals surface area (Å²) in [6.45, 7) is -0.330. The summed E-state index contributed by atoms with van der Waals surface area (Å²) in [7, 11) is -2.24. The highest BCUT2D eigenvalue weighted by Crippen LogP contribution is 2.41. The van der Waals surface area contributed by atoms with Gasteiger partial charge in [-0.05, 0) is 29.7 Å². The zero-order valence-corrected chi connectivity index (χ0v) is 14.7. The van der Waals surface area contributed by atoms with Crippen molar-refractivity contribution in [3.8, 4) is 5.75 Å². The second-order valence-corrected chi connectivity index (χ2v) is 7.61. The maximum absolute atomic E-state index is 12.9. The highest BCUT2D eigenvalue weighted by molar-refractivity contribution is 7.93. The molecule has 0 saturated heterocycles. The van der Waals surface area contributed by atoms with Crippen molar-refractivity contribution in [2.24, 2.45) is 0 Å². The van der Waals surface area contributed by atoms with E-state index in [1.807, 2.05) is 12.1 Å². The molecule has 1 aromatic heterocycles. The number of hydrogen-bond donors (Lipinski definition) is 1. The van der Waals surface area contributed by atoms with Crippen LogP contribution in [0.5, 0.6) is 5.75 Å². The van der Waals surface area contributed by atoms with Gasteiger partial charge in [-0.25, -0.2) is 13.4 Å². The number of methoxy groups -OCH3 is 1. The number of benzene rings is 2. The number of ether oxygens (including phenoxy) is 1. The Morgan fingerprint density at radius 3 is 2.62 bits per heavy atom. The molecule has 0 fully saturated rings. The first-order valence-electron chi connectivity index (χ1n) is 7.85. The van der Waals surface area contributed by atoms with Gasteiger partial charge in [0, 0.05) is 5.39 Å². The lowest BCUT2D eigenvalue weighted by atomic mass is 10.1. The van der Waals surface area contributed by atoms with Crippen molar-refractivity contribution in [3.63, 3.8) is 0 Å². The predicted molar refractivity (Wildman–Crippen MR) is 97.9 cm³/mol. The first-order valence-corrected chi connectivity index (χ1v) is 9.29. The number of hydrogen-bond acceptors (Lipinski definition) is 5. The molecule has 132 valence electrons. The molecule has 2 heterocycles. The summed E-state index contributed by atoms with van der Waals surface area (Å²) in [5.74, 6) is 0.409. The van der Waals surface area contributed by atoms with Crippen LogP contribution in [0.3, 0.4) is 0 Å². The smallest absolute Gasteiger partial charge is 0.265 e. The first-order chi connectivity index (χ1) is 12.5. The van der Waals surface area contributed by atoms with Crippen molar-refractivity contribution >= 4 is 38.2 Å². The van der Waals surface area contributed by atoms with Gasteiger partial charge in [-0.15, -0.1) is 0 Å². The SMILES string of the molecule is COc1ccc(NC(=O)CN2c3cccc4cccc(c34)S2(=O)=O)nc1. The summed E-state index contributed by atoms with van der Waals surface area (Å²) in [5.41, 5.74) is 0.510. The Kier molecular flexibility index (Phi) is 3.77. The molecule has 0 atom stereocenters. The van der Waals surface area contributed by atoms with E-state index in [4.69, 9.17) is 4.74 Å². The van der Waals surface area contributed by atoms with E-state index in [1.165, 1.54) is 13.3 Å². The maximum atomic E-state index is 12.9. The Morgan fingerprint density at radius 2 is 1.92 bits per heavy atom. The number of aromatic nitrogens is 1. The molecule has 0 aliphatic carbocycles. The minimum atomic E-state index is -3.76. The molecule has 1 aliphatic rings. The second kappa shape index (κ2) is 5.99. The highest BCUT2D eigenvalue weighted by atomic mass is 32.2. The molecule has 1 amide bonds. The molecule has 0 radical (unpaired) electrons. The van der Waals surface area contributed by atoms with E-state index in [-0.39, 0.29) is 11.4 Å². The summed E-state index contributed by atoms with van der Waals surface area (Å²) in [6.07, 6.45) is 1.47. The van der Waals surface area contributed by atoms with Crippen LogP contribution >= 0.6 is 0 Å². The number of carbonyl (C=O) groups excluding carboxylic acids is 1. The van der Waals surface area contributed by atoms with Crippen LogP contribution < -0.4 is 14.4 Å². The topological polar surface area (TPSA) is 88.6 Å². The number of rotatable bonds is 4. The Morgan fingerprint density at radius 1 is 1.15 bits per heavy atom. The van der Waals surface area contributed by atoms with E-state index in [1.54, 1.807) is 36.4 Å². The lowest BCUT2D eigenvalue weighted by Crippen LogP contribution is -2.35. The number of anilines is 2. The fourth-order valence-corrected chi connectivity index (χ4v) is 4.68. The van der Waals surface area contributed by atoms with Gasteiger partial charge in [0.25, 0.3) is 10.0 Å². The standard InChI is InChI=1S/C18H15N3O4S/c1-25-13-8-9-16(19-10-13)20-17(22)11-21-14-6-2-4-12-5-3-7-15(18(12)14)26(21,23)24/h2-10H,11H2,1H3,(H,19,20,22). The van der Waals surface area contributed by atoms with E-state index in [9.17, 15) is 13.2 Å². The Bertz CT molecular complexity index is 1110. The Hall–Kier alpha value is -3.13. The van der Waals surface area contributed by atoms with Gasteiger partial charge in [0.2, 0.25) is 5.91 Å². The summed E-state index contributed by atoms with van der Waals surface area (Å²) < 4.78 is 31.8. The van der Waals surface area contributed by atoms with E-state index >= 15 is 0 Å². The molecule has 1 aliphatic heterocycles. The van der Waals surface area contributed by atoms with E-state index in [0.29, 0.717) is 22.6 Å². The molecular weight excluding hydrogens is 354 g/mol. The van der Waals surface area contributed by atoms with Gasteiger partial charge in [0.05, 0.1) is 23.9 Å². The number of pyridine rings is 1. The number of amides is 1. The van der Waals surface area contributed by atoms with Gasteiger partial charge in [-0.1, -0.05) is 24.3 Å². The molecular formula is C18H15N3O4S. The van der Waals surface area contributed by atoms with Gasteiger partial charge in [-0.2, -0.15) is 0 Å². The van der Waals surface area contributed by atoms with Crippen molar-refractivity contribution in [2.45, 2.75) is 4.90 Å². The quantitative estimate of drug-likeness (QED) is 0.763. The normalized spacial score (nSPS) is 14.4. The van der Waals surface area contributed by atoms with Crippen LogP contribution in [-0.4, -0.2) is 33.0 Å². The van der Waals surface area contributed by atoms with Crippen molar-refractivity contribution in [3.05, 3.63) is 54.7 Å². The van der Waals surface area contributed by atoms with Crippen LogP contribution in [0.1, 0.15) is 0 Å². The van der Waals surface area contributed by atoms with Gasteiger partial charge in [0.1, 0.15) is 18.1 Å². The Balaban J connectivity index is 1.62. The fourth-order valence-electron chi connectivity index (χ4n) is 3.02. The molecule has 1 N–H and O–H groups in total.